The third-order valence-corrected chi connectivity index (χ3v) is 5.00. The third kappa shape index (κ3) is 4.71. The minimum atomic E-state index is -0.135. The number of carbonyl (C=O) groups excluding carboxylic acids is 1. The second-order valence-corrected chi connectivity index (χ2v) is 8.00. The van der Waals surface area contributed by atoms with Crippen LogP contribution >= 0.6 is 0 Å². The van der Waals surface area contributed by atoms with Crippen molar-refractivity contribution in [2.24, 2.45) is 5.92 Å². The largest absolute Gasteiger partial charge is 0.350 e. The van der Waals surface area contributed by atoms with Crippen LogP contribution in [0.4, 0.5) is 0 Å². The maximum atomic E-state index is 12.5. The van der Waals surface area contributed by atoms with Gasteiger partial charge < -0.3 is 14.4 Å². The summed E-state index contributed by atoms with van der Waals surface area (Å²) in [6.07, 6.45) is 5.52. The molecule has 25 heavy (non-hydrogen) atoms. The van der Waals surface area contributed by atoms with E-state index in [2.05, 4.69) is 45.0 Å². The summed E-state index contributed by atoms with van der Waals surface area (Å²) in [6, 6.07) is 8.42. The smallest absolute Gasteiger partial charge is 0.246 e. The summed E-state index contributed by atoms with van der Waals surface area (Å²) in [5.74, 6) is 0.363. The fourth-order valence-electron chi connectivity index (χ4n) is 3.45. The van der Waals surface area contributed by atoms with Gasteiger partial charge in [-0.25, -0.2) is 0 Å². The van der Waals surface area contributed by atoms with Gasteiger partial charge in [-0.15, -0.1) is 0 Å². The third-order valence-electron chi connectivity index (χ3n) is 5.00. The standard InChI is InChI=1S/C21H29NO3/c1-21(2,3)18-9-6-16(7-10-18)8-11-19(23)22-12-4-5-17(15-22)20-24-13-14-25-20/h6-11,17,20H,4-5,12-15H2,1-3H3/b11-8+. The topological polar surface area (TPSA) is 38.8 Å². The second-order valence-electron chi connectivity index (χ2n) is 8.00. The van der Waals surface area contributed by atoms with Gasteiger partial charge in [-0.3, -0.25) is 4.79 Å². The molecule has 0 saturated carbocycles. The highest BCUT2D eigenvalue weighted by atomic mass is 16.7. The van der Waals surface area contributed by atoms with Crippen LogP contribution in [-0.2, 0) is 19.7 Å². The Morgan fingerprint density at radius 2 is 1.84 bits per heavy atom. The van der Waals surface area contributed by atoms with Crippen LogP contribution in [0.3, 0.4) is 0 Å². The average Bonchev–Trinajstić information content (AvgIpc) is 3.14. The van der Waals surface area contributed by atoms with Crippen LogP contribution < -0.4 is 0 Å². The highest BCUT2D eigenvalue weighted by Gasteiger charge is 2.32. The van der Waals surface area contributed by atoms with Crippen molar-refractivity contribution in [1.29, 1.82) is 0 Å². The van der Waals surface area contributed by atoms with E-state index in [1.165, 1.54) is 5.56 Å². The summed E-state index contributed by atoms with van der Waals surface area (Å²) in [7, 11) is 0. The lowest BCUT2D eigenvalue weighted by Crippen LogP contribution is -2.43. The molecule has 2 fully saturated rings. The van der Waals surface area contributed by atoms with E-state index in [0.717, 1.165) is 31.5 Å². The van der Waals surface area contributed by atoms with Gasteiger partial charge in [0.05, 0.1) is 13.2 Å². The quantitative estimate of drug-likeness (QED) is 0.787. The molecule has 1 unspecified atom stereocenters. The van der Waals surface area contributed by atoms with E-state index < -0.39 is 0 Å². The predicted octanol–water partition coefficient (Wildman–Crippen LogP) is 3.61. The van der Waals surface area contributed by atoms with Gasteiger partial charge in [0.25, 0.3) is 0 Å². The van der Waals surface area contributed by atoms with E-state index in [1.807, 2.05) is 11.0 Å². The molecule has 1 aromatic rings. The maximum Gasteiger partial charge on any atom is 0.246 e. The van der Waals surface area contributed by atoms with Crippen LogP contribution in [0.25, 0.3) is 6.08 Å². The van der Waals surface area contributed by atoms with Crippen LogP contribution in [0.15, 0.2) is 30.3 Å². The van der Waals surface area contributed by atoms with Crippen molar-refractivity contribution in [3.8, 4) is 0 Å². The number of likely N-dealkylation sites (tertiary alicyclic amines) is 1. The number of hydrogen-bond acceptors (Lipinski definition) is 3. The summed E-state index contributed by atoms with van der Waals surface area (Å²) < 4.78 is 11.2. The van der Waals surface area contributed by atoms with Gasteiger partial charge in [0.2, 0.25) is 5.91 Å². The molecule has 0 radical (unpaired) electrons. The summed E-state index contributed by atoms with van der Waals surface area (Å²) in [4.78, 5) is 14.4. The molecule has 0 aliphatic carbocycles. The Bertz CT molecular complexity index is 609. The molecule has 0 bridgehead atoms. The van der Waals surface area contributed by atoms with E-state index in [9.17, 15) is 4.79 Å². The van der Waals surface area contributed by atoms with E-state index in [4.69, 9.17) is 9.47 Å². The lowest BCUT2D eigenvalue weighted by molar-refractivity contribution is -0.134. The molecule has 4 nitrogen and oxygen atoms in total. The number of rotatable bonds is 3. The molecule has 1 aromatic carbocycles. The molecule has 0 N–H and O–H groups in total. The van der Waals surface area contributed by atoms with Crippen molar-refractivity contribution in [3.63, 3.8) is 0 Å². The lowest BCUT2D eigenvalue weighted by Gasteiger charge is -2.34. The lowest BCUT2D eigenvalue weighted by atomic mass is 9.87. The number of nitrogens with zero attached hydrogens (tertiary/aromatic N) is 1. The number of benzene rings is 1. The van der Waals surface area contributed by atoms with E-state index >= 15 is 0 Å². The van der Waals surface area contributed by atoms with Gasteiger partial charge in [-0.1, -0.05) is 45.0 Å². The fraction of sp³-hybridized carbons (Fsp3) is 0.571. The highest BCUT2D eigenvalue weighted by Crippen LogP contribution is 2.25. The molecule has 1 amide bonds. The molecular formula is C21H29NO3. The minimum Gasteiger partial charge on any atom is -0.350 e. The van der Waals surface area contributed by atoms with Crippen LogP contribution in [0, 0.1) is 5.92 Å². The Morgan fingerprint density at radius 3 is 2.48 bits per heavy atom. The molecule has 4 heteroatoms. The van der Waals surface area contributed by atoms with E-state index in [-0.39, 0.29) is 17.6 Å². The number of piperidine rings is 1. The van der Waals surface area contributed by atoms with Gasteiger partial charge >= 0.3 is 0 Å². The molecule has 0 spiro atoms. The molecule has 2 heterocycles. The molecule has 3 rings (SSSR count). The van der Waals surface area contributed by atoms with Crippen molar-refractivity contribution in [2.45, 2.75) is 45.3 Å². The Morgan fingerprint density at radius 1 is 1.16 bits per heavy atom. The summed E-state index contributed by atoms with van der Waals surface area (Å²) >= 11 is 0. The highest BCUT2D eigenvalue weighted by molar-refractivity contribution is 5.91. The summed E-state index contributed by atoms with van der Waals surface area (Å²) in [5, 5.41) is 0. The van der Waals surface area contributed by atoms with Crippen LogP contribution in [0.1, 0.15) is 44.7 Å². The first kappa shape index (κ1) is 18.2. The molecule has 1 atom stereocenters. The zero-order valence-corrected chi connectivity index (χ0v) is 15.5. The molecule has 2 aliphatic rings. The summed E-state index contributed by atoms with van der Waals surface area (Å²) in [5.41, 5.74) is 2.49. The Kier molecular flexibility index (Phi) is 5.60. The normalized spacial score (nSPS) is 22.7. The maximum absolute atomic E-state index is 12.5. The van der Waals surface area contributed by atoms with Gasteiger partial charge in [0.15, 0.2) is 6.29 Å². The van der Waals surface area contributed by atoms with Crippen molar-refractivity contribution in [2.75, 3.05) is 26.3 Å². The van der Waals surface area contributed by atoms with Crippen LogP contribution in [0.2, 0.25) is 0 Å². The molecule has 136 valence electrons. The van der Waals surface area contributed by atoms with Gasteiger partial charge in [-0.05, 0) is 35.5 Å². The van der Waals surface area contributed by atoms with Crippen LogP contribution in [-0.4, -0.2) is 43.4 Å². The fourth-order valence-corrected chi connectivity index (χ4v) is 3.45. The van der Waals surface area contributed by atoms with Crippen molar-refractivity contribution in [1.82, 2.24) is 4.90 Å². The van der Waals surface area contributed by atoms with Gasteiger partial charge in [0.1, 0.15) is 0 Å². The predicted molar refractivity (Wildman–Crippen MR) is 99.2 cm³/mol. The van der Waals surface area contributed by atoms with E-state index in [1.54, 1.807) is 6.08 Å². The van der Waals surface area contributed by atoms with Gasteiger partial charge in [-0.2, -0.15) is 0 Å². The number of hydrogen-bond donors (Lipinski definition) is 0. The van der Waals surface area contributed by atoms with Crippen molar-refractivity contribution in [3.05, 3.63) is 41.5 Å². The number of ether oxygens (including phenoxy) is 2. The number of amides is 1. The van der Waals surface area contributed by atoms with E-state index in [0.29, 0.717) is 19.1 Å². The molecule has 2 aliphatic heterocycles. The Hall–Kier alpha value is -1.65. The van der Waals surface area contributed by atoms with Crippen LogP contribution in [0.5, 0.6) is 0 Å². The second kappa shape index (κ2) is 7.71. The molecular weight excluding hydrogens is 314 g/mol. The van der Waals surface area contributed by atoms with Gasteiger partial charge in [0, 0.05) is 25.1 Å². The molecule has 0 aromatic heterocycles. The monoisotopic (exact) mass is 343 g/mol. The minimum absolute atomic E-state index is 0.0718. The Balaban J connectivity index is 1.58. The average molecular weight is 343 g/mol. The van der Waals surface area contributed by atoms with Crippen molar-refractivity contribution >= 4 is 12.0 Å². The first-order valence-electron chi connectivity index (χ1n) is 9.24. The first-order chi connectivity index (χ1) is 11.9. The van der Waals surface area contributed by atoms with Crippen molar-refractivity contribution < 1.29 is 14.3 Å². The Labute approximate surface area is 150 Å². The summed E-state index contributed by atoms with van der Waals surface area (Å²) in [6.45, 7) is 9.47. The number of carbonyl (C=O) groups is 1. The SMILES string of the molecule is CC(C)(C)c1ccc(/C=C/C(=O)N2CCCC(C3OCCO3)C2)cc1. The first-order valence-corrected chi connectivity index (χ1v) is 9.24. The zero-order valence-electron chi connectivity index (χ0n) is 15.5. The zero-order chi connectivity index (χ0) is 17.9. The molecule has 2 saturated heterocycles.